The maximum atomic E-state index is 12.3. The third-order valence-corrected chi connectivity index (χ3v) is 3.79. The van der Waals surface area contributed by atoms with Gasteiger partial charge in [-0.1, -0.05) is 66.8 Å². The molecule has 1 atom stereocenters. The Balaban J connectivity index is 2.23. The van der Waals surface area contributed by atoms with Gasteiger partial charge in [0.05, 0.1) is 0 Å². The van der Waals surface area contributed by atoms with E-state index in [2.05, 4.69) is 15.3 Å². The fraction of sp³-hybridized carbons (Fsp3) is 0.353. The fourth-order valence-electron chi connectivity index (χ4n) is 1.97. The summed E-state index contributed by atoms with van der Waals surface area (Å²) in [5, 5.41) is 2.57. The summed E-state index contributed by atoms with van der Waals surface area (Å²) >= 11 is 17.9. The molecule has 25 heavy (non-hydrogen) atoms. The van der Waals surface area contributed by atoms with Crippen molar-refractivity contribution < 1.29 is 9.53 Å². The van der Waals surface area contributed by atoms with Crippen LogP contribution in [0.4, 0.5) is 0 Å². The van der Waals surface area contributed by atoms with Gasteiger partial charge < -0.3 is 10.1 Å². The fourth-order valence-corrected chi connectivity index (χ4v) is 2.27. The smallest absolute Gasteiger partial charge is 0.254 e. The molecule has 0 saturated heterocycles. The number of benzene rings is 1. The highest BCUT2D eigenvalue weighted by Crippen LogP contribution is 2.32. The number of hydrogen-bond acceptors (Lipinski definition) is 4. The van der Waals surface area contributed by atoms with Gasteiger partial charge in [-0.2, -0.15) is 4.98 Å². The normalized spacial score (nSPS) is 12.8. The molecule has 0 saturated carbocycles. The molecule has 134 valence electrons. The van der Waals surface area contributed by atoms with E-state index < -0.39 is 15.9 Å². The van der Waals surface area contributed by atoms with Crippen LogP contribution in [-0.2, 0) is 0 Å². The van der Waals surface area contributed by atoms with Crippen LogP contribution < -0.4 is 10.1 Å². The predicted octanol–water partition coefficient (Wildman–Crippen LogP) is 4.41. The highest BCUT2D eigenvalue weighted by atomic mass is 35.6. The molecule has 1 unspecified atom stereocenters. The molecular weight excluding hydrogens is 385 g/mol. The Morgan fingerprint density at radius 1 is 1.16 bits per heavy atom. The Kier molecular flexibility index (Phi) is 6.49. The lowest BCUT2D eigenvalue weighted by Gasteiger charge is -2.26. The minimum atomic E-state index is -1.89. The van der Waals surface area contributed by atoms with Crippen molar-refractivity contribution in [1.29, 1.82) is 0 Å². The second-order valence-corrected chi connectivity index (χ2v) is 8.11. The zero-order chi connectivity index (χ0) is 18.6. The zero-order valence-electron chi connectivity index (χ0n) is 14.0. The summed E-state index contributed by atoms with van der Waals surface area (Å²) in [6.07, 6.45) is -1.22. The first-order valence-electron chi connectivity index (χ1n) is 7.61. The molecule has 1 aromatic carbocycles. The first-order chi connectivity index (χ1) is 11.7. The quantitative estimate of drug-likeness (QED) is 0.594. The molecule has 2 rings (SSSR count). The van der Waals surface area contributed by atoms with E-state index in [1.54, 1.807) is 36.4 Å². The average Bonchev–Trinajstić information content (AvgIpc) is 2.53. The van der Waals surface area contributed by atoms with Crippen LogP contribution in [0, 0.1) is 6.92 Å². The van der Waals surface area contributed by atoms with Gasteiger partial charge in [-0.25, -0.2) is 4.98 Å². The van der Waals surface area contributed by atoms with Gasteiger partial charge in [0.1, 0.15) is 5.82 Å². The lowest BCUT2D eigenvalue weighted by Crippen LogP contribution is -2.48. The summed E-state index contributed by atoms with van der Waals surface area (Å²) in [6, 6.07) is 10.2. The number of carbonyl (C=O) groups is 1. The van der Waals surface area contributed by atoms with E-state index in [1.165, 1.54) is 0 Å². The summed E-state index contributed by atoms with van der Waals surface area (Å²) in [5.41, 5.74) is 1.14. The number of aromatic nitrogens is 2. The van der Waals surface area contributed by atoms with Crippen molar-refractivity contribution in [3.63, 3.8) is 0 Å². The average molecular weight is 403 g/mol. The van der Waals surface area contributed by atoms with Crippen LogP contribution in [0.25, 0.3) is 0 Å². The number of halogens is 3. The SMILES string of the molecule is Cc1cc(OC(NC(=O)c2ccccc2)C(Cl)(Cl)Cl)nc(C(C)C)n1. The first kappa shape index (κ1) is 19.8. The summed E-state index contributed by atoms with van der Waals surface area (Å²) < 4.78 is 3.78. The Hall–Kier alpha value is -1.56. The zero-order valence-corrected chi connectivity index (χ0v) is 16.2. The predicted molar refractivity (Wildman–Crippen MR) is 99.5 cm³/mol. The number of nitrogens with zero attached hydrogens (tertiary/aromatic N) is 2. The maximum Gasteiger partial charge on any atom is 0.254 e. The van der Waals surface area contributed by atoms with Crippen molar-refractivity contribution in [2.24, 2.45) is 0 Å². The molecule has 8 heteroatoms. The van der Waals surface area contributed by atoms with E-state index in [9.17, 15) is 4.79 Å². The molecule has 0 radical (unpaired) electrons. The molecule has 1 heterocycles. The molecule has 1 aromatic heterocycles. The number of aryl methyl sites for hydroxylation is 1. The lowest BCUT2D eigenvalue weighted by atomic mass is 10.2. The Morgan fingerprint density at radius 2 is 1.80 bits per heavy atom. The standard InChI is InChI=1S/C17H18Cl3N3O2/c1-10(2)14-21-11(3)9-13(22-14)25-16(17(18,19)20)23-15(24)12-7-5-4-6-8-12/h4-10,16H,1-3H3,(H,23,24). The number of hydrogen-bond donors (Lipinski definition) is 1. The molecule has 0 aliphatic rings. The van der Waals surface area contributed by atoms with Crippen LogP contribution >= 0.6 is 34.8 Å². The van der Waals surface area contributed by atoms with Crippen molar-refractivity contribution >= 4 is 40.7 Å². The van der Waals surface area contributed by atoms with Crippen molar-refractivity contribution in [3.8, 4) is 5.88 Å². The lowest BCUT2D eigenvalue weighted by molar-refractivity contribution is 0.0825. The van der Waals surface area contributed by atoms with E-state index in [1.807, 2.05) is 20.8 Å². The van der Waals surface area contributed by atoms with Crippen LogP contribution in [0.3, 0.4) is 0 Å². The largest absolute Gasteiger partial charge is 0.449 e. The highest BCUT2D eigenvalue weighted by molar-refractivity contribution is 6.68. The number of alkyl halides is 3. The van der Waals surface area contributed by atoms with Crippen LogP contribution in [0.5, 0.6) is 5.88 Å². The molecular formula is C17H18Cl3N3O2. The topological polar surface area (TPSA) is 64.1 Å². The van der Waals surface area contributed by atoms with Gasteiger partial charge in [0, 0.05) is 23.2 Å². The van der Waals surface area contributed by atoms with E-state index >= 15 is 0 Å². The van der Waals surface area contributed by atoms with Gasteiger partial charge in [0.2, 0.25) is 15.9 Å². The molecule has 0 aliphatic carbocycles. The molecule has 1 amide bonds. The van der Waals surface area contributed by atoms with Gasteiger partial charge in [-0.05, 0) is 19.1 Å². The number of rotatable bonds is 5. The summed E-state index contributed by atoms with van der Waals surface area (Å²) in [6.45, 7) is 5.73. The number of ether oxygens (including phenoxy) is 1. The minimum absolute atomic E-state index is 0.104. The van der Waals surface area contributed by atoms with Gasteiger partial charge in [-0.3, -0.25) is 4.79 Å². The number of nitrogens with one attached hydrogen (secondary N) is 1. The summed E-state index contributed by atoms with van der Waals surface area (Å²) in [4.78, 5) is 21.0. The summed E-state index contributed by atoms with van der Waals surface area (Å²) in [7, 11) is 0. The molecule has 0 aliphatic heterocycles. The Bertz CT molecular complexity index is 734. The molecule has 0 spiro atoms. The third-order valence-electron chi connectivity index (χ3n) is 3.20. The molecule has 0 fully saturated rings. The Morgan fingerprint density at radius 3 is 2.36 bits per heavy atom. The van der Waals surface area contributed by atoms with Gasteiger partial charge in [0.25, 0.3) is 5.91 Å². The van der Waals surface area contributed by atoms with E-state index in [0.29, 0.717) is 17.1 Å². The van der Waals surface area contributed by atoms with Crippen molar-refractivity contribution in [2.45, 2.75) is 36.7 Å². The van der Waals surface area contributed by atoms with Gasteiger partial charge in [0.15, 0.2) is 0 Å². The second-order valence-electron chi connectivity index (χ2n) is 5.74. The highest BCUT2D eigenvalue weighted by Gasteiger charge is 2.37. The van der Waals surface area contributed by atoms with Crippen LogP contribution in [-0.4, -0.2) is 25.9 Å². The molecule has 1 N–H and O–H groups in total. The number of carbonyl (C=O) groups excluding carboxylic acids is 1. The van der Waals surface area contributed by atoms with Crippen LogP contribution in [0.15, 0.2) is 36.4 Å². The van der Waals surface area contributed by atoms with Crippen molar-refractivity contribution in [1.82, 2.24) is 15.3 Å². The molecule has 2 aromatic rings. The maximum absolute atomic E-state index is 12.3. The second kappa shape index (κ2) is 8.21. The van der Waals surface area contributed by atoms with Crippen LogP contribution in [0.1, 0.15) is 41.6 Å². The van der Waals surface area contributed by atoms with E-state index in [4.69, 9.17) is 39.5 Å². The van der Waals surface area contributed by atoms with Crippen molar-refractivity contribution in [3.05, 3.63) is 53.5 Å². The third kappa shape index (κ3) is 5.73. The molecule has 0 bridgehead atoms. The number of amides is 1. The molecule has 5 nitrogen and oxygen atoms in total. The van der Waals surface area contributed by atoms with Crippen molar-refractivity contribution in [2.75, 3.05) is 0 Å². The minimum Gasteiger partial charge on any atom is -0.449 e. The van der Waals surface area contributed by atoms with E-state index in [0.717, 1.165) is 0 Å². The first-order valence-corrected chi connectivity index (χ1v) is 8.75. The van der Waals surface area contributed by atoms with Gasteiger partial charge in [-0.15, -0.1) is 0 Å². The van der Waals surface area contributed by atoms with Gasteiger partial charge >= 0.3 is 0 Å². The van der Waals surface area contributed by atoms with Crippen LogP contribution in [0.2, 0.25) is 0 Å². The van der Waals surface area contributed by atoms with E-state index in [-0.39, 0.29) is 11.8 Å². The summed E-state index contributed by atoms with van der Waals surface area (Å²) in [5.74, 6) is 0.507. The Labute approximate surface area is 161 Å². The monoisotopic (exact) mass is 401 g/mol.